The third kappa shape index (κ3) is 1.87. The average Bonchev–Trinajstić information content (AvgIpc) is 2.15. The van der Waals surface area contributed by atoms with Gasteiger partial charge in [-0.15, -0.1) is 9.24 Å². The summed E-state index contributed by atoms with van der Waals surface area (Å²) in [5.74, 6) is -0.000880. The molecule has 1 saturated heterocycles. The van der Waals surface area contributed by atoms with Gasteiger partial charge >= 0.3 is 6.16 Å². The van der Waals surface area contributed by atoms with Gasteiger partial charge in [-0.25, -0.2) is 13.2 Å². The molecule has 1 N–H and O–H groups in total. The quantitative estimate of drug-likeness (QED) is 0.491. The van der Waals surface area contributed by atoms with Crippen LogP contribution in [0, 0.1) is 0 Å². The van der Waals surface area contributed by atoms with Crippen LogP contribution in [0.2, 0.25) is 0 Å². The van der Waals surface area contributed by atoms with Crippen molar-refractivity contribution in [1.82, 2.24) is 0 Å². The fourth-order valence-corrected chi connectivity index (χ4v) is 3.23. The Balaban J connectivity index is 2.68. The zero-order valence-electron chi connectivity index (χ0n) is 6.13. The largest absolute Gasteiger partial charge is 0.506 e. The molecule has 0 saturated carbocycles. The van der Waals surface area contributed by atoms with E-state index in [-0.39, 0.29) is 12.2 Å². The fraction of sp³-hybridized carbons (Fsp3) is 0.800. The highest BCUT2D eigenvalue weighted by molar-refractivity contribution is 7.96. The summed E-state index contributed by atoms with van der Waals surface area (Å²) in [6, 6.07) is 0. The number of carbonyl (C=O) groups is 1. The van der Waals surface area contributed by atoms with Crippen molar-refractivity contribution in [2.45, 2.75) is 17.5 Å². The van der Waals surface area contributed by atoms with Crippen molar-refractivity contribution in [3.05, 3.63) is 0 Å². The van der Waals surface area contributed by atoms with Crippen molar-refractivity contribution in [3.63, 3.8) is 0 Å². The first-order valence-electron chi connectivity index (χ1n) is 3.30. The molecule has 0 aliphatic carbocycles. The molecule has 0 bridgehead atoms. The van der Waals surface area contributed by atoms with Crippen LogP contribution in [0.25, 0.3) is 0 Å². The van der Waals surface area contributed by atoms with Gasteiger partial charge in [-0.2, -0.15) is 0 Å². The molecule has 3 unspecified atom stereocenters. The summed E-state index contributed by atoms with van der Waals surface area (Å²) >= 11 is 0. The molecule has 0 spiro atoms. The van der Waals surface area contributed by atoms with Gasteiger partial charge in [0.15, 0.2) is 9.84 Å². The highest BCUT2D eigenvalue weighted by Gasteiger charge is 2.39. The Labute approximate surface area is 72.2 Å². The average molecular weight is 212 g/mol. The SMILES string of the molecule is O=C(O)OC1CCS(=O)(=O)C1P. The summed E-state index contributed by atoms with van der Waals surface area (Å²) in [4.78, 5) is 9.30. The topological polar surface area (TPSA) is 80.7 Å². The van der Waals surface area contributed by atoms with E-state index in [2.05, 4.69) is 14.0 Å². The number of carboxylic acid groups (broad SMARTS) is 1. The molecule has 0 aromatic carbocycles. The molecule has 1 rings (SSSR count). The van der Waals surface area contributed by atoms with E-state index >= 15 is 0 Å². The molecular weight excluding hydrogens is 203 g/mol. The van der Waals surface area contributed by atoms with Gasteiger partial charge in [-0.05, 0) is 0 Å². The van der Waals surface area contributed by atoms with Gasteiger partial charge < -0.3 is 9.84 Å². The molecule has 0 aromatic heterocycles. The minimum atomic E-state index is -3.15. The van der Waals surface area contributed by atoms with Crippen LogP contribution in [0.15, 0.2) is 0 Å². The number of rotatable bonds is 1. The Kier molecular flexibility index (Phi) is 2.58. The van der Waals surface area contributed by atoms with E-state index in [9.17, 15) is 13.2 Å². The number of hydrogen-bond donors (Lipinski definition) is 1. The molecular formula is C5H9O5PS. The Morgan fingerprint density at radius 3 is 2.50 bits per heavy atom. The predicted molar refractivity (Wildman–Crippen MR) is 44.8 cm³/mol. The monoisotopic (exact) mass is 212 g/mol. The minimum absolute atomic E-state index is 0.000880. The summed E-state index contributed by atoms with van der Waals surface area (Å²) in [6.45, 7) is 0. The van der Waals surface area contributed by atoms with Crippen LogP contribution in [-0.4, -0.2) is 36.5 Å². The molecule has 1 fully saturated rings. The molecule has 1 heterocycles. The first-order valence-corrected chi connectivity index (χ1v) is 5.68. The second-order valence-corrected chi connectivity index (χ2v) is 6.02. The maximum Gasteiger partial charge on any atom is 0.506 e. The van der Waals surface area contributed by atoms with Crippen molar-refractivity contribution >= 4 is 25.2 Å². The molecule has 12 heavy (non-hydrogen) atoms. The normalized spacial score (nSPS) is 33.1. The van der Waals surface area contributed by atoms with Crippen molar-refractivity contribution in [1.29, 1.82) is 0 Å². The lowest BCUT2D eigenvalue weighted by Crippen LogP contribution is -2.24. The van der Waals surface area contributed by atoms with E-state index < -0.39 is 27.1 Å². The molecule has 1 aliphatic rings. The summed E-state index contributed by atoms with van der Waals surface area (Å²) in [7, 11) is -1.05. The molecule has 7 heteroatoms. The van der Waals surface area contributed by atoms with Gasteiger partial charge in [-0.1, -0.05) is 0 Å². The van der Waals surface area contributed by atoms with Crippen LogP contribution in [0.1, 0.15) is 6.42 Å². The van der Waals surface area contributed by atoms with Gasteiger partial charge in [0.05, 0.1) is 5.75 Å². The van der Waals surface area contributed by atoms with Crippen molar-refractivity contribution in [2.24, 2.45) is 0 Å². The maximum absolute atomic E-state index is 11.1. The predicted octanol–water partition coefficient (Wildman–Crippen LogP) is 0.0693. The Bertz CT molecular complexity index is 284. The summed E-state index contributed by atoms with van der Waals surface area (Å²) < 4.78 is 26.5. The van der Waals surface area contributed by atoms with E-state index in [0.717, 1.165) is 0 Å². The molecule has 0 radical (unpaired) electrons. The lowest BCUT2D eigenvalue weighted by Gasteiger charge is -2.11. The third-order valence-electron chi connectivity index (χ3n) is 1.72. The third-order valence-corrected chi connectivity index (χ3v) is 5.33. The number of ether oxygens (including phenoxy) is 1. The molecule has 0 aromatic rings. The highest BCUT2D eigenvalue weighted by Crippen LogP contribution is 2.28. The van der Waals surface area contributed by atoms with Crippen molar-refractivity contribution < 1.29 is 23.1 Å². The molecule has 1 aliphatic heterocycles. The van der Waals surface area contributed by atoms with Crippen LogP contribution < -0.4 is 0 Å². The van der Waals surface area contributed by atoms with Gasteiger partial charge in [-0.3, -0.25) is 0 Å². The van der Waals surface area contributed by atoms with Crippen LogP contribution in [0.3, 0.4) is 0 Å². The second kappa shape index (κ2) is 3.18. The maximum atomic E-state index is 11.1. The Morgan fingerprint density at radius 2 is 2.17 bits per heavy atom. The number of hydrogen-bond acceptors (Lipinski definition) is 4. The lowest BCUT2D eigenvalue weighted by atomic mass is 10.3. The first kappa shape index (κ1) is 9.74. The Morgan fingerprint density at radius 1 is 1.58 bits per heavy atom. The van der Waals surface area contributed by atoms with Gasteiger partial charge in [0.2, 0.25) is 0 Å². The van der Waals surface area contributed by atoms with E-state index in [1.807, 2.05) is 0 Å². The summed E-state index contributed by atoms with van der Waals surface area (Å²) in [6.07, 6.45) is -1.90. The van der Waals surface area contributed by atoms with Crippen molar-refractivity contribution in [2.75, 3.05) is 5.75 Å². The smallest absolute Gasteiger partial charge is 0.450 e. The number of sulfone groups is 1. The highest BCUT2D eigenvalue weighted by atomic mass is 32.2. The van der Waals surface area contributed by atoms with E-state index in [1.165, 1.54) is 0 Å². The van der Waals surface area contributed by atoms with Crippen LogP contribution in [-0.2, 0) is 14.6 Å². The van der Waals surface area contributed by atoms with Gasteiger partial charge in [0.25, 0.3) is 0 Å². The lowest BCUT2D eigenvalue weighted by molar-refractivity contribution is 0.0591. The van der Waals surface area contributed by atoms with Gasteiger partial charge in [0.1, 0.15) is 11.1 Å². The van der Waals surface area contributed by atoms with E-state index in [1.54, 1.807) is 0 Å². The molecule has 5 nitrogen and oxygen atoms in total. The van der Waals surface area contributed by atoms with Gasteiger partial charge in [0, 0.05) is 6.42 Å². The fourth-order valence-electron chi connectivity index (χ4n) is 1.07. The standard InChI is InChI=1S/C5H9O5PS/c6-5(7)10-3-1-2-12(8,9)4(3)11/h3-4H,1-2,11H2,(H,6,7). The zero-order valence-corrected chi connectivity index (χ0v) is 8.11. The first-order chi connectivity index (χ1) is 5.43. The second-order valence-electron chi connectivity index (χ2n) is 2.54. The summed E-state index contributed by atoms with van der Waals surface area (Å²) in [5.41, 5.74) is 0. The molecule has 70 valence electrons. The van der Waals surface area contributed by atoms with E-state index in [4.69, 9.17) is 5.11 Å². The minimum Gasteiger partial charge on any atom is -0.450 e. The van der Waals surface area contributed by atoms with Crippen LogP contribution in [0.5, 0.6) is 0 Å². The van der Waals surface area contributed by atoms with Crippen LogP contribution in [0.4, 0.5) is 4.79 Å². The van der Waals surface area contributed by atoms with E-state index in [0.29, 0.717) is 0 Å². The Hall–Kier alpha value is -0.350. The molecule has 3 atom stereocenters. The molecule has 0 amide bonds. The summed E-state index contributed by atoms with van der Waals surface area (Å²) in [5, 5.41) is 8.24. The van der Waals surface area contributed by atoms with Crippen LogP contribution >= 0.6 is 9.24 Å². The zero-order chi connectivity index (χ0) is 9.35. The van der Waals surface area contributed by atoms with Crippen molar-refractivity contribution in [3.8, 4) is 0 Å².